The van der Waals surface area contributed by atoms with Gasteiger partial charge in [-0.05, 0) is 23.8 Å². The van der Waals surface area contributed by atoms with Crippen LogP contribution in [0.4, 0.5) is 0 Å². The fourth-order valence-electron chi connectivity index (χ4n) is 2.59. The maximum Gasteiger partial charge on any atom is 0.246 e. The Morgan fingerprint density at radius 2 is 2.04 bits per heavy atom. The topological polar surface area (TPSA) is 53.2 Å². The number of ether oxygens (including phenoxy) is 1. The second-order valence-corrected chi connectivity index (χ2v) is 6.69. The number of hydrogen-bond donors (Lipinski definition) is 0. The van der Waals surface area contributed by atoms with Crippen LogP contribution < -0.4 is 0 Å². The molecule has 2 heterocycles. The molecule has 1 unspecified atom stereocenters. The number of epoxide rings is 1. The van der Waals surface area contributed by atoms with Crippen molar-refractivity contribution in [2.24, 2.45) is 0 Å². The minimum atomic E-state index is -0.113. The summed E-state index contributed by atoms with van der Waals surface area (Å²) in [4.78, 5) is 27.9. The predicted molar refractivity (Wildman–Crippen MR) is 93.0 cm³/mol. The maximum atomic E-state index is 12.3. The zero-order valence-electron chi connectivity index (χ0n) is 13.1. The molecule has 0 bridgehead atoms. The summed E-state index contributed by atoms with van der Waals surface area (Å²) in [5, 5.41) is 0.926. The first kappa shape index (κ1) is 17.3. The van der Waals surface area contributed by atoms with Gasteiger partial charge in [-0.2, -0.15) is 0 Å². The molecule has 3 rings (SSSR count). The molecule has 1 aromatic rings. The van der Waals surface area contributed by atoms with Crippen molar-refractivity contribution in [3.8, 4) is 0 Å². The number of benzene rings is 1. The number of rotatable bonds is 4. The summed E-state index contributed by atoms with van der Waals surface area (Å²) >= 11 is 11.8. The molecule has 2 aliphatic heterocycles. The van der Waals surface area contributed by atoms with Crippen LogP contribution in [0.15, 0.2) is 24.3 Å². The van der Waals surface area contributed by atoms with E-state index in [0.717, 1.165) is 12.2 Å². The van der Waals surface area contributed by atoms with Crippen molar-refractivity contribution >= 4 is 41.1 Å². The van der Waals surface area contributed by atoms with Gasteiger partial charge < -0.3 is 14.5 Å². The normalized spacial score (nSPS) is 21.2. The van der Waals surface area contributed by atoms with Crippen molar-refractivity contribution in [2.45, 2.75) is 12.5 Å². The van der Waals surface area contributed by atoms with E-state index in [9.17, 15) is 9.59 Å². The highest BCUT2D eigenvalue weighted by Gasteiger charge is 2.30. The highest BCUT2D eigenvalue weighted by atomic mass is 35.5. The van der Waals surface area contributed by atoms with E-state index >= 15 is 0 Å². The zero-order valence-corrected chi connectivity index (χ0v) is 14.6. The summed E-state index contributed by atoms with van der Waals surface area (Å²) in [6.45, 7) is 2.86. The van der Waals surface area contributed by atoms with Crippen LogP contribution in [0.2, 0.25) is 10.0 Å². The van der Waals surface area contributed by atoms with Gasteiger partial charge in [0.15, 0.2) is 0 Å². The number of halogens is 2. The summed E-state index contributed by atoms with van der Waals surface area (Å²) in [7, 11) is 0. The molecule has 2 aliphatic rings. The molecular weight excluding hydrogens is 351 g/mol. The number of hydrogen-bond acceptors (Lipinski definition) is 3. The lowest BCUT2D eigenvalue weighted by molar-refractivity contribution is -0.130. The Bertz CT molecular complexity index is 674. The van der Waals surface area contributed by atoms with E-state index in [1.54, 1.807) is 34.1 Å². The summed E-state index contributed by atoms with van der Waals surface area (Å²) in [6, 6.07) is 5.19. The van der Waals surface area contributed by atoms with Crippen molar-refractivity contribution in [1.29, 1.82) is 0 Å². The number of nitrogens with zero attached hydrogens (tertiary/aromatic N) is 2. The van der Waals surface area contributed by atoms with Crippen LogP contribution in [0, 0.1) is 0 Å². The van der Waals surface area contributed by atoms with Crippen LogP contribution in [0.25, 0.3) is 6.08 Å². The molecule has 0 spiro atoms. The minimum Gasteiger partial charge on any atom is -0.371 e. The highest BCUT2D eigenvalue weighted by Crippen LogP contribution is 2.23. The SMILES string of the molecule is O=C(/C=C/c1ccc(Cl)c(Cl)c1)N1CCC(=O)N(CC2CO2)CC1. The summed E-state index contributed by atoms with van der Waals surface area (Å²) < 4.78 is 5.17. The Balaban J connectivity index is 1.58. The van der Waals surface area contributed by atoms with Crippen LogP contribution in [-0.2, 0) is 14.3 Å². The van der Waals surface area contributed by atoms with Gasteiger partial charge in [-0.15, -0.1) is 0 Å². The van der Waals surface area contributed by atoms with Gasteiger partial charge in [-0.25, -0.2) is 0 Å². The Hall–Kier alpha value is -1.56. The monoisotopic (exact) mass is 368 g/mol. The van der Waals surface area contributed by atoms with Crippen molar-refractivity contribution in [2.75, 3.05) is 32.8 Å². The van der Waals surface area contributed by atoms with E-state index in [0.29, 0.717) is 42.6 Å². The van der Waals surface area contributed by atoms with Crippen LogP contribution in [-0.4, -0.2) is 60.5 Å². The molecule has 0 aromatic heterocycles. The van der Waals surface area contributed by atoms with Gasteiger partial charge in [0.05, 0.1) is 22.8 Å². The minimum absolute atomic E-state index is 0.0780. The van der Waals surface area contributed by atoms with Gasteiger partial charge in [0.25, 0.3) is 0 Å². The average Bonchev–Trinajstić information content (AvgIpc) is 3.39. The van der Waals surface area contributed by atoms with E-state index in [1.165, 1.54) is 6.08 Å². The number of carbonyl (C=O) groups excluding carboxylic acids is 2. The Labute approximate surface area is 150 Å². The molecule has 2 amide bonds. The third-order valence-corrected chi connectivity index (χ3v) is 4.83. The Morgan fingerprint density at radius 3 is 2.75 bits per heavy atom. The van der Waals surface area contributed by atoms with Crippen molar-refractivity contribution < 1.29 is 14.3 Å². The molecule has 128 valence electrons. The average molecular weight is 369 g/mol. The van der Waals surface area contributed by atoms with Crippen LogP contribution in [0.5, 0.6) is 0 Å². The first-order chi connectivity index (χ1) is 11.5. The molecule has 1 atom stereocenters. The summed E-state index contributed by atoms with van der Waals surface area (Å²) in [6.07, 6.45) is 3.72. The van der Waals surface area contributed by atoms with E-state index < -0.39 is 0 Å². The van der Waals surface area contributed by atoms with Crippen molar-refractivity contribution in [3.63, 3.8) is 0 Å². The van der Waals surface area contributed by atoms with Gasteiger partial charge in [-0.3, -0.25) is 9.59 Å². The van der Waals surface area contributed by atoms with E-state index in [4.69, 9.17) is 27.9 Å². The first-order valence-electron chi connectivity index (χ1n) is 7.84. The molecule has 0 N–H and O–H groups in total. The molecular formula is C17H18Cl2N2O3. The van der Waals surface area contributed by atoms with Crippen LogP contribution in [0.1, 0.15) is 12.0 Å². The number of amides is 2. The van der Waals surface area contributed by atoms with E-state index in [-0.39, 0.29) is 17.9 Å². The van der Waals surface area contributed by atoms with Crippen LogP contribution in [0.3, 0.4) is 0 Å². The van der Waals surface area contributed by atoms with Gasteiger partial charge in [-0.1, -0.05) is 29.3 Å². The third-order valence-electron chi connectivity index (χ3n) is 4.09. The van der Waals surface area contributed by atoms with Gasteiger partial charge in [0.2, 0.25) is 11.8 Å². The van der Waals surface area contributed by atoms with E-state index in [1.807, 2.05) is 0 Å². The molecule has 2 fully saturated rings. The largest absolute Gasteiger partial charge is 0.371 e. The quantitative estimate of drug-likeness (QED) is 0.605. The van der Waals surface area contributed by atoms with E-state index in [2.05, 4.69) is 0 Å². The standard InChI is InChI=1S/C17H18Cl2N2O3/c18-14-3-1-12(9-15(14)19)2-4-16(22)20-6-5-17(23)21(8-7-20)10-13-11-24-13/h1-4,9,13H,5-8,10-11H2/b4-2+. The maximum absolute atomic E-state index is 12.3. The lowest BCUT2D eigenvalue weighted by Crippen LogP contribution is -2.37. The third kappa shape index (κ3) is 4.50. The molecule has 1 aromatic carbocycles. The predicted octanol–water partition coefficient (Wildman–Crippen LogP) is 2.47. The van der Waals surface area contributed by atoms with Crippen molar-refractivity contribution in [3.05, 3.63) is 39.9 Å². The van der Waals surface area contributed by atoms with Crippen molar-refractivity contribution in [1.82, 2.24) is 9.80 Å². The molecule has 0 saturated carbocycles. The van der Waals surface area contributed by atoms with Gasteiger partial charge >= 0.3 is 0 Å². The summed E-state index contributed by atoms with van der Waals surface area (Å²) in [5.74, 6) is -0.0346. The second-order valence-electron chi connectivity index (χ2n) is 5.88. The summed E-state index contributed by atoms with van der Waals surface area (Å²) in [5.41, 5.74) is 0.802. The Morgan fingerprint density at radius 1 is 1.25 bits per heavy atom. The molecule has 5 nitrogen and oxygen atoms in total. The molecule has 0 aliphatic carbocycles. The molecule has 7 heteroatoms. The molecule has 2 saturated heterocycles. The van der Waals surface area contributed by atoms with Crippen LogP contribution >= 0.6 is 23.2 Å². The number of carbonyl (C=O) groups is 2. The lowest BCUT2D eigenvalue weighted by Gasteiger charge is -2.20. The highest BCUT2D eigenvalue weighted by molar-refractivity contribution is 6.42. The fourth-order valence-corrected chi connectivity index (χ4v) is 2.89. The Kier molecular flexibility index (Phi) is 5.43. The smallest absolute Gasteiger partial charge is 0.246 e. The second kappa shape index (κ2) is 7.55. The fraction of sp³-hybridized carbons (Fsp3) is 0.412. The van der Waals surface area contributed by atoms with Gasteiger partial charge in [0.1, 0.15) is 0 Å². The lowest BCUT2D eigenvalue weighted by atomic mass is 10.2. The van der Waals surface area contributed by atoms with Gasteiger partial charge in [0, 0.05) is 38.7 Å². The zero-order chi connectivity index (χ0) is 17.1. The first-order valence-corrected chi connectivity index (χ1v) is 8.60. The molecule has 24 heavy (non-hydrogen) atoms. The molecule has 0 radical (unpaired) electrons.